The van der Waals surface area contributed by atoms with Crippen LogP contribution in [0.5, 0.6) is 0 Å². The average molecular weight is 236 g/mol. The minimum atomic E-state index is 0.934. The predicted molar refractivity (Wildman–Crippen MR) is 72.1 cm³/mol. The van der Waals surface area contributed by atoms with Crippen molar-refractivity contribution in [1.29, 1.82) is 0 Å². The van der Waals surface area contributed by atoms with Crippen molar-refractivity contribution in [2.24, 2.45) is 17.8 Å². The van der Waals surface area contributed by atoms with Gasteiger partial charge in [0.05, 0.1) is 0 Å². The van der Waals surface area contributed by atoms with Gasteiger partial charge in [0.25, 0.3) is 0 Å². The fourth-order valence-corrected chi connectivity index (χ4v) is 4.29. The molecule has 1 aliphatic carbocycles. The number of hydrogen-bond donors (Lipinski definition) is 1. The van der Waals surface area contributed by atoms with Crippen molar-refractivity contribution in [3.63, 3.8) is 0 Å². The van der Waals surface area contributed by atoms with Gasteiger partial charge in [-0.1, -0.05) is 19.3 Å². The molecule has 0 radical (unpaired) electrons. The first-order valence-electron chi connectivity index (χ1n) is 7.85. The van der Waals surface area contributed by atoms with Gasteiger partial charge in [0.2, 0.25) is 0 Å². The Morgan fingerprint density at radius 3 is 2.65 bits per heavy atom. The zero-order chi connectivity index (χ0) is 11.5. The van der Waals surface area contributed by atoms with E-state index in [9.17, 15) is 0 Å². The van der Waals surface area contributed by atoms with E-state index in [-0.39, 0.29) is 0 Å². The molecule has 3 atom stereocenters. The topological polar surface area (TPSA) is 15.3 Å². The third kappa shape index (κ3) is 3.03. The van der Waals surface area contributed by atoms with E-state index in [4.69, 9.17) is 0 Å². The lowest BCUT2D eigenvalue weighted by Crippen LogP contribution is -2.45. The highest BCUT2D eigenvalue weighted by atomic mass is 15.1. The number of nitrogens with zero attached hydrogens (tertiary/aromatic N) is 1. The Bertz CT molecular complexity index is 233. The molecule has 2 heteroatoms. The van der Waals surface area contributed by atoms with Crippen LogP contribution in [0.15, 0.2) is 0 Å². The van der Waals surface area contributed by atoms with Gasteiger partial charge < -0.3 is 10.2 Å². The van der Waals surface area contributed by atoms with Gasteiger partial charge in [0, 0.05) is 13.1 Å². The standard InChI is InChI=1S/C15H28N2/c1-2-6-15-12-17(9-7-14(15)5-1)11-13-4-3-8-16-10-13/h13-16H,1-12H2/t13-,14-,15+/m0/s1. The van der Waals surface area contributed by atoms with Crippen molar-refractivity contribution < 1.29 is 0 Å². The van der Waals surface area contributed by atoms with Gasteiger partial charge in [0.1, 0.15) is 0 Å². The number of fused-ring (bicyclic) bond motifs is 1. The number of piperidine rings is 2. The zero-order valence-electron chi connectivity index (χ0n) is 11.2. The Balaban J connectivity index is 1.48. The lowest BCUT2D eigenvalue weighted by Gasteiger charge is -2.42. The van der Waals surface area contributed by atoms with Crippen LogP contribution in [-0.2, 0) is 0 Å². The maximum absolute atomic E-state index is 3.55. The summed E-state index contributed by atoms with van der Waals surface area (Å²) in [6.45, 7) is 6.70. The third-order valence-corrected chi connectivity index (χ3v) is 5.29. The minimum absolute atomic E-state index is 0.934. The summed E-state index contributed by atoms with van der Waals surface area (Å²) in [5.74, 6) is 3.07. The van der Waals surface area contributed by atoms with E-state index in [0.717, 1.165) is 17.8 Å². The van der Waals surface area contributed by atoms with Crippen molar-refractivity contribution in [2.45, 2.75) is 44.9 Å². The van der Waals surface area contributed by atoms with Crippen LogP contribution in [0.2, 0.25) is 0 Å². The van der Waals surface area contributed by atoms with E-state index in [2.05, 4.69) is 10.2 Å². The second-order valence-corrected chi connectivity index (χ2v) is 6.57. The number of hydrogen-bond acceptors (Lipinski definition) is 2. The van der Waals surface area contributed by atoms with Crippen LogP contribution in [0.3, 0.4) is 0 Å². The highest BCUT2D eigenvalue weighted by molar-refractivity contribution is 4.85. The fourth-order valence-electron chi connectivity index (χ4n) is 4.29. The van der Waals surface area contributed by atoms with E-state index >= 15 is 0 Å². The summed E-state index contributed by atoms with van der Waals surface area (Å²) >= 11 is 0. The predicted octanol–water partition coefficient (Wildman–Crippen LogP) is 2.50. The van der Waals surface area contributed by atoms with Crippen molar-refractivity contribution in [2.75, 3.05) is 32.7 Å². The Labute approximate surface area is 106 Å². The minimum Gasteiger partial charge on any atom is -0.316 e. The van der Waals surface area contributed by atoms with Crippen molar-refractivity contribution in [3.8, 4) is 0 Å². The number of nitrogens with one attached hydrogen (secondary N) is 1. The Kier molecular flexibility index (Phi) is 4.02. The molecule has 2 nitrogen and oxygen atoms in total. The van der Waals surface area contributed by atoms with Gasteiger partial charge in [0.15, 0.2) is 0 Å². The Morgan fingerprint density at radius 2 is 1.82 bits per heavy atom. The molecule has 0 aromatic carbocycles. The van der Waals surface area contributed by atoms with Gasteiger partial charge in [-0.15, -0.1) is 0 Å². The maximum atomic E-state index is 3.55. The van der Waals surface area contributed by atoms with Gasteiger partial charge in [-0.2, -0.15) is 0 Å². The van der Waals surface area contributed by atoms with Crippen LogP contribution in [0.1, 0.15) is 44.9 Å². The molecule has 3 rings (SSSR count). The van der Waals surface area contributed by atoms with Crippen LogP contribution in [-0.4, -0.2) is 37.6 Å². The summed E-state index contributed by atoms with van der Waals surface area (Å²) < 4.78 is 0. The van der Waals surface area contributed by atoms with Gasteiger partial charge in [-0.25, -0.2) is 0 Å². The molecule has 2 aliphatic heterocycles. The van der Waals surface area contributed by atoms with Crippen LogP contribution in [0.25, 0.3) is 0 Å². The van der Waals surface area contributed by atoms with E-state index in [0.29, 0.717) is 0 Å². The maximum Gasteiger partial charge on any atom is 0.00219 e. The van der Waals surface area contributed by atoms with E-state index in [1.807, 2.05) is 0 Å². The Hall–Kier alpha value is -0.0800. The summed E-state index contributed by atoms with van der Waals surface area (Å²) in [5, 5.41) is 3.55. The average Bonchev–Trinajstić information content (AvgIpc) is 2.40. The van der Waals surface area contributed by atoms with E-state index in [1.165, 1.54) is 77.7 Å². The smallest absolute Gasteiger partial charge is 0.00219 e. The second-order valence-electron chi connectivity index (χ2n) is 6.57. The molecule has 2 saturated heterocycles. The van der Waals surface area contributed by atoms with E-state index < -0.39 is 0 Å². The van der Waals surface area contributed by atoms with Gasteiger partial charge >= 0.3 is 0 Å². The van der Waals surface area contributed by atoms with Crippen molar-refractivity contribution in [3.05, 3.63) is 0 Å². The molecule has 0 unspecified atom stereocenters. The van der Waals surface area contributed by atoms with Crippen molar-refractivity contribution in [1.82, 2.24) is 10.2 Å². The van der Waals surface area contributed by atoms with E-state index in [1.54, 1.807) is 0 Å². The molecule has 0 bridgehead atoms. The first-order valence-corrected chi connectivity index (χ1v) is 7.85. The molecule has 1 N–H and O–H groups in total. The van der Waals surface area contributed by atoms with Crippen molar-refractivity contribution >= 4 is 0 Å². The Morgan fingerprint density at radius 1 is 0.941 bits per heavy atom. The molecule has 3 fully saturated rings. The molecule has 1 saturated carbocycles. The summed E-state index contributed by atoms with van der Waals surface area (Å²) in [4.78, 5) is 2.78. The molecule has 98 valence electrons. The van der Waals surface area contributed by atoms with Gasteiger partial charge in [-0.3, -0.25) is 0 Å². The highest BCUT2D eigenvalue weighted by Crippen LogP contribution is 2.36. The molecule has 3 aliphatic rings. The highest BCUT2D eigenvalue weighted by Gasteiger charge is 2.31. The molecular weight excluding hydrogens is 208 g/mol. The monoisotopic (exact) mass is 236 g/mol. The SMILES string of the molecule is C1CNC[C@@H](CN2CC[C@@H]3CCCC[C@@H]3C2)C1. The first kappa shape index (κ1) is 12.0. The second kappa shape index (κ2) is 5.71. The third-order valence-electron chi connectivity index (χ3n) is 5.29. The number of rotatable bonds is 2. The molecule has 0 spiro atoms. The molecule has 0 amide bonds. The normalized spacial score (nSPS) is 39.9. The number of likely N-dealkylation sites (tertiary alicyclic amines) is 1. The molecule has 0 aromatic rings. The van der Waals surface area contributed by atoms with Crippen LogP contribution in [0.4, 0.5) is 0 Å². The summed E-state index contributed by atoms with van der Waals surface area (Å²) in [6, 6.07) is 0. The van der Waals surface area contributed by atoms with Crippen LogP contribution >= 0.6 is 0 Å². The van der Waals surface area contributed by atoms with Gasteiger partial charge in [-0.05, 0) is 63.1 Å². The summed E-state index contributed by atoms with van der Waals surface area (Å²) in [5.41, 5.74) is 0. The zero-order valence-corrected chi connectivity index (χ0v) is 11.2. The van der Waals surface area contributed by atoms with Crippen LogP contribution in [0, 0.1) is 17.8 Å². The fraction of sp³-hybridized carbons (Fsp3) is 1.00. The quantitative estimate of drug-likeness (QED) is 0.792. The molecule has 17 heavy (non-hydrogen) atoms. The van der Waals surface area contributed by atoms with Crippen LogP contribution < -0.4 is 5.32 Å². The first-order chi connectivity index (χ1) is 8.42. The molecular formula is C15H28N2. The molecule has 2 heterocycles. The largest absolute Gasteiger partial charge is 0.316 e. The summed E-state index contributed by atoms with van der Waals surface area (Å²) in [7, 11) is 0. The lowest BCUT2D eigenvalue weighted by atomic mass is 9.75. The molecule has 0 aromatic heterocycles. The summed E-state index contributed by atoms with van der Waals surface area (Å²) in [6.07, 6.45) is 10.4. The lowest BCUT2D eigenvalue weighted by molar-refractivity contribution is 0.0722.